The maximum absolute atomic E-state index is 2.87. The molecular weight excluding hydrogens is 360 g/mol. The van der Waals surface area contributed by atoms with Gasteiger partial charge in [-0.05, 0) is 162 Å². The Kier molecular flexibility index (Phi) is 2.18. The highest BCUT2D eigenvalue weighted by atomic mass is 14.9. The minimum absolute atomic E-state index is 0.820. The smallest absolute Gasteiger partial charge is 0.0230 e. The fourth-order valence-corrected chi connectivity index (χ4v) is 17.2. The van der Waals surface area contributed by atoms with E-state index in [2.05, 4.69) is 20.8 Å². The Hall–Kier alpha value is 0. The van der Waals surface area contributed by atoms with Crippen molar-refractivity contribution in [3.05, 3.63) is 0 Å². The van der Waals surface area contributed by atoms with E-state index in [0.717, 1.165) is 29.1 Å². The number of hydrogen-bond acceptors (Lipinski definition) is 0. The highest BCUT2D eigenvalue weighted by molar-refractivity contribution is 5.35. The van der Waals surface area contributed by atoms with Crippen molar-refractivity contribution in [1.82, 2.24) is 0 Å². The first-order valence-electron chi connectivity index (χ1n) is 14.6. The number of fused-ring (bicyclic) bond motifs is 6. The van der Waals surface area contributed by atoms with Crippen LogP contribution in [0.3, 0.4) is 0 Å². The van der Waals surface area contributed by atoms with E-state index in [1.54, 1.807) is 32.1 Å². The zero-order chi connectivity index (χ0) is 19.2. The molecule has 0 aromatic rings. The van der Waals surface area contributed by atoms with E-state index in [-0.39, 0.29) is 0 Å². The maximum atomic E-state index is 2.87. The molecule has 160 valence electrons. The van der Waals surface area contributed by atoms with Crippen molar-refractivity contribution in [1.29, 1.82) is 0 Å². The molecule has 0 N–H and O–H groups in total. The van der Waals surface area contributed by atoms with Gasteiger partial charge in [-0.25, -0.2) is 0 Å². The van der Waals surface area contributed by atoms with Crippen molar-refractivity contribution in [3.8, 4) is 0 Å². The molecule has 0 aromatic heterocycles. The average molecular weight is 401 g/mol. The second kappa shape index (κ2) is 4.15. The first-order chi connectivity index (χ1) is 14.6. The molecule has 0 saturated heterocycles. The second-order valence-electron chi connectivity index (χ2n) is 15.9. The molecule has 22 unspecified atom stereocenters. The Morgan fingerprint density at radius 2 is 1.27 bits per heavy atom. The van der Waals surface area contributed by atoms with E-state index in [0.29, 0.717) is 0 Å². The Balaban J connectivity index is 1.27. The fraction of sp³-hybridized carbons (Fsp3) is 1.00. The molecule has 11 aliphatic rings. The zero-order valence-corrected chi connectivity index (χ0v) is 19.2. The van der Waals surface area contributed by atoms with Crippen LogP contribution in [0.2, 0.25) is 0 Å². The van der Waals surface area contributed by atoms with Crippen LogP contribution >= 0.6 is 0 Å². The van der Waals surface area contributed by atoms with Crippen LogP contribution in [0, 0.1) is 130 Å². The molecule has 30 heavy (non-hydrogen) atoms. The molecule has 11 saturated carbocycles. The lowest BCUT2D eigenvalue weighted by Crippen LogP contribution is -2.83. The molecule has 11 aliphatic carbocycles. The molecular formula is C30H40. The molecule has 0 nitrogen and oxygen atoms in total. The summed E-state index contributed by atoms with van der Waals surface area (Å²) in [6.45, 7) is 8.43. The standard InChI is InChI=1S/C30H40/c1-9-4-5-30-8-12-6-14-16-10(2)17-18-11(3)29(30)28(16)20(14)15(30)7-13(9)21-19(12)24-25(21)27-23(18)22(17)26(24)27/h9-29H,4-8H2,1-3H3. The molecule has 11 rings (SSSR count). The van der Waals surface area contributed by atoms with Crippen LogP contribution in [0.5, 0.6) is 0 Å². The van der Waals surface area contributed by atoms with Gasteiger partial charge in [-0.15, -0.1) is 0 Å². The second-order valence-corrected chi connectivity index (χ2v) is 15.9. The van der Waals surface area contributed by atoms with Gasteiger partial charge in [-0.3, -0.25) is 0 Å². The van der Waals surface area contributed by atoms with Gasteiger partial charge in [0.15, 0.2) is 0 Å². The van der Waals surface area contributed by atoms with Crippen LogP contribution in [0.1, 0.15) is 52.9 Å². The summed E-state index contributed by atoms with van der Waals surface area (Å²) >= 11 is 0. The van der Waals surface area contributed by atoms with Crippen LogP contribution in [0.4, 0.5) is 0 Å². The van der Waals surface area contributed by atoms with Gasteiger partial charge >= 0.3 is 0 Å². The highest BCUT2D eigenvalue weighted by Crippen LogP contribution is 2.92. The molecule has 0 amide bonds. The highest BCUT2D eigenvalue weighted by Gasteiger charge is 2.88. The van der Waals surface area contributed by atoms with E-state index in [1.807, 2.05) is 0 Å². The van der Waals surface area contributed by atoms with Gasteiger partial charge in [0.05, 0.1) is 0 Å². The average Bonchev–Trinajstić information content (AvgIpc) is 2.69. The summed E-state index contributed by atoms with van der Waals surface area (Å²) in [5, 5.41) is 0. The monoisotopic (exact) mass is 400 g/mol. The molecule has 0 aromatic carbocycles. The largest absolute Gasteiger partial charge is 0.0622 e. The van der Waals surface area contributed by atoms with Crippen molar-refractivity contribution in [3.63, 3.8) is 0 Å². The SMILES string of the molecule is CC1CCC23CC4CC5C6C(C)C7C8C(C)C2C6C5C3CC1C1C4C2C1C1C8C7C21. The maximum Gasteiger partial charge on any atom is -0.0230 e. The fourth-order valence-electron chi connectivity index (χ4n) is 17.2. The van der Waals surface area contributed by atoms with Crippen molar-refractivity contribution in [2.75, 3.05) is 0 Å². The number of hydrogen-bond donors (Lipinski definition) is 0. The first-order valence-corrected chi connectivity index (χ1v) is 14.6. The Morgan fingerprint density at radius 1 is 0.567 bits per heavy atom. The molecule has 8 bridgehead atoms. The van der Waals surface area contributed by atoms with Crippen molar-refractivity contribution in [2.45, 2.75) is 52.9 Å². The van der Waals surface area contributed by atoms with E-state index in [1.165, 1.54) is 101 Å². The van der Waals surface area contributed by atoms with Crippen molar-refractivity contribution in [2.24, 2.45) is 130 Å². The van der Waals surface area contributed by atoms with Gasteiger partial charge in [-0.2, -0.15) is 0 Å². The molecule has 0 heterocycles. The van der Waals surface area contributed by atoms with Crippen LogP contribution < -0.4 is 0 Å². The van der Waals surface area contributed by atoms with Crippen LogP contribution in [-0.2, 0) is 0 Å². The Morgan fingerprint density at radius 3 is 2.10 bits per heavy atom. The summed E-state index contributed by atoms with van der Waals surface area (Å²) < 4.78 is 0. The Labute approximate surface area is 182 Å². The van der Waals surface area contributed by atoms with Gasteiger partial charge in [-0.1, -0.05) is 20.8 Å². The summed E-state index contributed by atoms with van der Waals surface area (Å²) in [5.74, 6) is 25.0. The lowest BCUT2D eigenvalue weighted by atomic mass is 9.18. The van der Waals surface area contributed by atoms with Crippen molar-refractivity contribution >= 4 is 0 Å². The van der Waals surface area contributed by atoms with E-state index >= 15 is 0 Å². The summed E-state index contributed by atoms with van der Waals surface area (Å²) in [4.78, 5) is 0. The third-order valence-corrected chi connectivity index (χ3v) is 16.9. The van der Waals surface area contributed by atoms with Crippen LogP contribution in [-0.4, -0.2) is 0 Å². The minimum Gasteiger partial charge on any atom is -0.0622 e. The molecule has 22 atom stereocenters. The number of rotatable bonds is 0. The zero-order valence-electron chi connectivity index (χ0n) is 19.2. The molecule has 11 fully saturated rings. The molecule has 0 spiro atoms. The lowest BCUT2D eigenvalue weighted by Gasteiger charge is -2.87. The van der Waals surface area contributed by atoms with Crippen LogP contribution in [0.25, 0.3) is 0 Å². The Bertz CT molecular complexity index is 919. The van der Waals surface area contributed by atoms with E-state index < -0.39 is 0 Å². The van der Waals surface area contributed by atoms with Gasteiger partial charge in [0.25, 0.3) is 0 Å². The summed E-state index contributed by atoms with van der Waals surface area (Å²) in [5.41, 5.74) is 0.820. The van der Waals surface area contributed by atoms with Gasteiger partial charge < -0.3 is 0 Å². The summed E-state index contributed by atoms with van der Waals surface area (Å²) in [6, 6.07) is 0. The summed E-state index contributed by atoms with van der Waals surface area (Å²) in [7, 11) is 0. The summed E-state index contributed by atoms with van der Waals surface area (Å²) in [6.07, 6.45) is 8.49. The van der Waals surface area contributed by atoms with Crippen LogP contribution in [0.15, 0.2) is 0 Å². The van der Waals surface area contributed by atoms with Crippen molar-refractivity contribution < 1.29 is 0 Å². The minimum atomic E-state index is 0.820. The normalized spacial score (nSPS) is 86.3. The third kappa shape index (κ3) is 1.12. The topological polar surface area (TPSA) is 0 Å². The lowest BCUT2D eigenvalue weighted by molar-refractivity contribution is -0.401. The van der Waals surface area contributed by atoms with Gasteiger partial charge in [0.1, 0.15) is 0 Å². The first kappa shape index (κ1) is 15.8. The predicted molar refractivity (Wildman–Crippen MR) is 116 cm³/mol. The van der Waals surface area contributed by atoms with Gasteiger partial charge in [0.2, 0.25) is 0 Å². The van der Waals surface area contributed by atoms with E-state index in [4.69, 9.17) is 0 Å². The molecule has 0 aliphatic heterocycles. The predicted octanol–water partition coefficient (Wildman–Crippen LogP) is 6.07. The molecule has 0 heteroatoms. The van der Waals surface area contributed by atoms with E-state index in [9.17, 15) is 0 Å². The van der Waals surface area contributed by atoms with Gasteiger partial charge in [0, 0.05) is 0 Å². The quantitative estimate of drug-likeness (QED) is 0.463. The third-order valence-electron chi connectivity index (χ3n) is 16.9. The molecule has 0 radical (unpaired) electrons.